The second-order valence-corrected chi connectivity index (χ2v) is 12.9. The average Bonchev–Trinajstić information content (AvgIpc) is 3.68. The summed E-state index contributed by atoms with van der Waals surface area (Å²) in [4.78, 5) is 25.5. The molecule has 1 heterocycles. The summed E-state index contributed by atoms with van der Waals surface area (Å²) >= 11 is 1.38. The molecule has 0 radical (unpaired) electrons. The first-order valence-electron chi connectivity index (χ1n) is 17.2. The monoisotopic (exact) mass is 702 g/mol. The predicted molar refractivity (Wildman–Crippen MR) is 208 cm³/mol. The number of rotatable bonds is 13. The van der Waals surface area contributed by atoms with Gasteiger partial charge < -0.3 is 14.9 Å². The summed E-state index contributed by atoms with van der Waals surface area (Å²) in [5.74, 6) is -0.636. The lowest BCUT2D eigenvalue weighted by molar-refractivity contribution is -0.135. The molecule has 0 atom stereocenters. The van der Waals surface area contributed by atoms with Gasteiger partial charge in [0.05, 0.1) is 6.61 Å². The average molecular weight is 703 g/mol. The van der Waals surface area contributed by atoms with Crippen molar-refractivity contribution >= 4 is 28.1 Å². The van der Waals surface area contributed by atoms with Crippen LogP contribution >= 0.6 is 11.3 Å². The van der Waals surface area contributed by atoms with Gasteiger partial charge in [-0.3, -0.25) is 0 Å². The third kappa shape index (κ3) is 6.74. The van der Waals surface area contributed by atoms with Gasteiger partial charge in [-0.2, -0.15) is 0 Å². The van der Waals surface area contributed by atoms with E-state index in [1.165, 1.54) is 11.3 Å². The number of esters is 1. The van der Waals surface area contributed by atoms with Crippen LogP contribution in [0.1, 0.15) is 46.0 Å². The Labute approximate surface area is 308 Å². The fourth-order valence-electron chi connectivity index (χ4n) is 6.56. The molecular weight excluding hydrogens is 666 g/mol. The molecule has 0 fully saturated rings. The topological polar surface area (TPSA) is 72.8 Å². The second-order valence-electron chi connectivity index (χ2n) is 12.0. The Morgan fingerprint density at radius 3 is 1.33 bits per heavy atom. The Hall–Kier alpha value is -6.31. The van der Waals surface area contributed by atoms with Crippen LogP contribution < -0.4 is 5.32 Å². The van der Waals surface area contributed by atoms with Gasteiger partial charge in [-0.25, -0.2) is 9.78 Å². The quantitative estimate of drug-likeness (QED) is 0.0426. The van der Waals surface area contributed by atoms with E-state index < -0.39 is 17.1 Å². The van der Waals surface area contributed by atoms with E-state index in [9.17, 15) is 4.79 Å². The maximum Gasteiger partial charge on any atom is 0.362 e. The Morgan fingerprint density at radius 2 is 0.962 bits per heavy atom. The number of thiazole rings is 1. The standard InChI is InChI=1S/C45H37N3O3S/c1-2-50-42(49)41(48-51-45(37-27-15-6-16-28-37,38-29-17-7-18-30-38)39-31-19-8-20-32-39)40-33-52-43(46-40)47-44(34-21-9-3-10-22-34,35-23-11-4-12-24-35)36-25-13-5-14-26-36/h3-33H,2H2,1H3,(H,46,47)/b48-41-/i43+1,46+1,47+1. The molecule has 0 amide bonds. The lowest BCUT2D eigenvalue weighted by atomic mass is 9.79. The van der Waals surface area contributed by atoms with Crippen molar-refractivity contribution in [3.8, 4) is 0 Å². The molecule has 7 aromatic rings. The Kier molecular flexibility index (Phi) is 10.3. The number of carbonyl (C=O) groups excluding carboxylic acids is 1. The van der Waals surface area contributed by atoms with Crippen LogP contribution in [0.4, 0.5) is 5.13 Å². The van der Waals surface area contributed by atoms with Crippen LogP contribution in [0.25, 0.3) is 0 Å². The highest BCUT2D eigenvalue weighted by Gasteiger charge is 2.41. The summed E-state index contributed by atoms with van der Waals surface area (Å²) in [5.41, 5.74) is 3.93. The molecule has 0 aliphatic rings. The van der Waals surface area contributed by atoms with Gasteiger partial charge in [0.25, 0.3) is 0 Å². The SMILES string of the molecule is CCOC(=O)/C(=N\OC(c1ccccc1)(c1ccccc1)c1ccccc1)c1cs[13c]([15NH]C(c2ccccc2)(c2ccccc2)c2ccccc2)[15n]1. The van der Waals surface area contributed by atoms with E-state index >= 15 is 0 Å². The van der Waals surface area contributed by atoms with E-state index in [0.29, 0.717) is 10.8 Å². The lowest BCUT2D eigenvalue weighted by Gasteiger charge is -2.36. The first-order chi connectivity index (χ1) is 25.6. The number of anilines is 1. The Morgan fingerprint density at radius 1 is 0.596 bits per heavy atom. The van der Waals surface area contributed by atoms with Crippen molar-refractivity contribution in [2.75, 3.05) is 11.9 Å². The third-order valence-corrected chi connectivity index (χ3v) is 9.70. The molecule has 0 unspecified atom stereocenters. The molecule has 0 saturated carbocycles. The van der Waals surface area contributed by atoms with Gasteiger partial charge in [0.1, 0.15) is 11.2 Å². The lowest BCUT2D eigenvalue weighted by Crippen LogP contribution is -2.38. The summed E-state index contributed by atoms with van der Waals surface area (Å²) < 4.78 is 5.55. The molecule has 7 heteroatoms. The first-order valence-corrected chi connectivity index (χ1v) is 18.0. The molecular formula is C45H37N3O3S. The number of aromatic nitrogens is 1. The minimum Gasteiger partial charge on any atom is -0.461 e. The summed E-state index contributed by atoms with van der Waals surface area (Å²) in [6.45, 7) is 1.92. The fraction of sp³-hybridized carbons (Fsp3) is 0.0889. The van der Waals surface area contributed by atoms with Crippen LogP contribution in [-0.4, -0.2) is 23.3 Å². The van der Waals surface area contributed by atoms with Gasteiger partial charge in [0.2, 0.25) is 11.3 Å². The molecule has 1 aromatic heterocycles. The molecule has 7 rings (SSSR count). The number of oxime groups is 1. The fourth-order valence-corrected chi connectivity index (χ4v) is 7.31. The molecule has 6 nitrogen and oxygen atoms in total. The molecule has 1 N–H and O–H groups in total. The largest absolute Gasteiger partial charge is 0.461 e. The second kappa shape index (κ2) is 15.7. The maximum atomic E-state index is 13.7. The highest BCUT2D eigenvalue weighted by molar-refractivity contribution is 7.14. The van der Waals surface area contributed by atoms with Gasteiger partial charge in [-0.15, -0.1) is 11.3 Å². The van der Waals surface area contributed by atoms with Gasteiger partial charge in [-0.1, -0.05) is 187 Å². The molecule has 0 aliphatic heterocycles. The maximum absolute atomic E-state index is 13.7. The van der Waals surface area contributed by atoms with Crippen LogP contribution in [0, 0.1) is 0 Å². The first kappa shape index (κ1) is 34.2. The number of nitrogens with one attached hydrogen (secondary N) is 1. The zero-order chi connectivity index (χ0) is 35.6. The summed E-state index contributed by atoms with van der Waals surface area (Å²) in [6.07, 6.45) is 0. The molecule has 256 valence electrons. The van der Waals surface area contributed by atoms with Crippen LogP contribution in [0.2, 0.25) is 0 Å². The summed E-state index contributed by atoms with van der Waals surface area (Å²) in [7, 11) is 0. The Bertz CT molecular complexity index is 2020. The van der Waals surface area contributed by atoms with Crippen molar-refractivity contribution in [1.82, 2.24) is 4.98 Å². The van der Waals surface area contributed by atoms with Crippen molar-refractivity contribution < 1.29 is 14.4 Å². The van der Waals surface area contributed by atoms with Crippen molar-refractivity contribution in [3.05, 3.63) is 226 Å². The van der Waals surface area contributed by atoms with Gasteiger partial charge in [0, 0.05) is 22.1 Å². The van der Waals surface area contributed by atoms with Crippen molar-refractivity contribution in [3.63, 3.8) is 0 Å². The number of nitrogens with zero attached hydrogens (tertiary/aromatic N) is 2. The zero-order valence-electron chi connectivity index (χ0n) is 28.6. The van der Waals surface area contributed by atoms with Crippen molar-refractivity contribution in [2.24, 2.45) is 5.16 Å². The van der Waals surface area contributed by atoms with Gasteiger partial charge in [-0.05, 0) is 23.6 Å². The van der Waals surface area contributed by atoms with E-state index in [1.54, 1.807) is 6.92 Å². The van der Waals surface area contributed by atoms with E-state index in [0.717, 1.165) is 33.4 Å². The predicted octanol–water partition coefficient (Wildman–Crippen LogP) is 9.82. The molecule has 52 heavy (non-hydrogen) atoms. The van der Waals surface area contributed by atoms with Crippen molar-refractivity contribution in [1.29, 1.82) is 0 Å². The van der Waals surface area contributed by atoms with Crippen LogP contribution in [-0.2, 0) is 25.5 Å². The van der Waals surface area contributed by atoms with Gasteiger partial charge >= 0.3 is 5.97 Å². The third-order valence-electron chi connectivity index (χ3n) is 8.95. The molecule has 6 aromatic carbocycles. The van der Waals surface area contributed by atoms with E-state index in [2.05, 4.69) is 46.9 Å². The molecule has 0 spiro atoms. The van der Waals surface area contributed by atoms with Crippen LogP contribution in [0.15, 0.2) is 193 Å². The minimum absolute atomic E-state index is 0.0388. The molecule has 0 saturated heterocycles. The molecule has 0 bridgehead atoms. The van der Waals surface area contributed by atoms with E-state index in [4.69, 9.17) is 14.6 Å². The highest BCUT2D eigenvalue weighted by atomic mass is 32.1. The van der Waals surface area contributed by atoms with Crippen molar-refractivity contribution in [2.45, 2.75) is 18.1 Å². The number of hydrogen-bond acceptors (Lipinski definition) is 7. The highest BCUT2D eigenvalue weighted by Crippen LogP contribution is 2.42. The normalized spacial score (nSPS) is 11.8. The molecule has 0 aliphatic carbocycles. The minimum atomic E-state index is -1.19. The number of benzene rings is 6. The zero-order valence-corrected chi connectivity index (χ0v) is 29.4. The summed E-state index contributed by atoms with van der Waals surface area (Å²) in [5, 5.41) is 10.8. The number of carbonyl (C=O) groups is 1. The summed E-state index contributed by atoms with van der Waals surface area (Å²) in [6, 6.07) is 60.5. The Balaban J connectivity index is 1.36. The van der Waals surface area contributed by atoms with E-state index in [-0.39, 0.29) is 12.3 Å². The van der Waals surface area contributed by atoms with Gasteiger partial charge in [0.15, 0.2) is 5.13 Å². The smallest absolute Gasteiger partial charge is 0.362 e. The number of hydrogen-bond donors (Lipinski definition) is 1. The van der Waals surface area contributed by atoms with E-state index in [1.807, 2.05) is 151 Å². The van der Waals surface area contributed by atoms with Crippen LogP contribution in [0.3, 0.4) is 0 Å². The number of ether oxygens (including phenoxy) is 1. The van der Waals surface area contributed by atoms with Crippen LogP contribution in [0.5, 0.6) is 0 Å².